The summed E-state index contributed by atoms with van der Waals surface area (Å²) in [6, 6.07) is 7.84. The van der Waals surface area contributed by atoms with Gasteiger partial charge in [0.05, 0.1) is 10.7 Å². The van der Waals surface area contributed by atoms with Crippen molar-refractivity contribution in [2.45, 2.75) is 0 Å². The van der Waals surface area contributed by atoms with Crippen LogP contribution in [-0.2, 0) is 4.79 Å². The Kier molecular flexibility index (Phi) is 5.70. The number of anilines is 1. The third-order valence-electron chi connectivity index (χ3n) is 3.21. The lowest BCUT2D eigenvalue weighted by atomic mass is 10.1. The Labute approximate surface area is 161 Å². The molecule has 1 heterocycles. The second kappa shape index (κ2) is 7.99. The van der Waals surface area contributed by atoms with E-state index in [1.54, 1.807) is 17.5 Å². The topological polar surface area (TPSA) is 51.2 Å². The molecule has 134 valence electrons. The summed E-state index contributed by atoms with van der Waals surface area (Å²) in [5, 5.41) is 5.10. The van der Waals surface area contributed by atoms with Crippen LogP contribution in [0.1, 0.15) is 0 Å². The zero-order chi connectivity index (χ0) is 18.7. The van der Waals surface area contributed by atoms with Gasteiger partial charge in [0.2, 0.25) is 0 Å². The molecule has 0 bridgehead atoms. The van der Waals surface area contributed by atoms with Gasteiger partial charge in [-0.25, -0.2) is 13.8 Å². The van der Waals surface area contributed by atoms with Gasteiger partial charge in [-0.3, -0.25) is 10.1 Å². The molecule has 26 heavy (non-hydrogen) atoms. The van der Waals surface area contributed by atoms with E-state index in [4.69, 9.17) is 27.9 Å². The number of carbonyl (C=O) groups excluding carboxylic acids is 1. The molecular formula is C17H10Cl2F2N2O2S. The first kappa shape index (κ1) is 18.6. The number of amides is 1. The molecule has 1 aromatic heterocycles. The number of rotatable bonds is 5. The van der Waals surface area contributed by atoms with E-state index in [-0.39, 0.29) is 22.3 Å². The predicted molar refractivity (Wildman–Crippen MR) is 98.1 cm³/mol. The van der Waals surface area contributed by atoms with E-state index in [1.165, 1.54) is 12.1 Å². The number of benzene rings is 2. The molecule has 4 nitrogen and oxygen atoms in total. The van der Waals surface area contributed by atoms with Crippen LogP contribution in [0.25, 0.3) is 11.3 Å². The van der Waals surface area contributed by atoms with Crippen LogP contribution in [0.4, 0.5) is 13.9 Å². The van der Waals surface area contributed by atoms with E-state index in [2.05, 4.69) is 10.3 Å². The lowest BCUT2D eigenvalue weighted by Gasteiger charge is -2.07. The fourth-order valence-corrected chi connectivity index (χ4v) is 3.23. The summed E-state index contributed by atoms with van der Waals surface area (Å²) in [6.45, 7) is -0.291. The molecule has 1 N–H and O–H groups in total. The van der Waals surface area contributed by atoms with Gasteiger partial charge >= 0.3 is 0 Å². The first-order valence-corrected chi connectivity index (χ1v) is 8.84. The molecule has 0 radical (unpaired) electrons. The Morgan fingerprint density at radius 3 is 2.73 bits per heavy atom. The van der Waals surface area contributed by atoms with Crippen molar-refractivity contribution in [3.8, 4) is 17.0 Å². The molecule has 3 rings (SSSR count). The van der Waals surface area contributed by atoms with Crippen molar-refractivity contribution in [1.82, 2.24) is 4.98 Å². The van der Waals surface area contributed by atoms with Gasteiger partial charge in [-0.15, -0.1) is 11.3 Å². The molecule has 0 fully saturated rings. The Hall–Kier alpha value is -2.22. The van der Waals surface area contributed by atoms with E-state index in [0.29, 0.717) is 16.5 Å². The van der Waals surface area contributed by atoms with E-state index >= 15 is 0 Å². The van der Waals surface area contributed by atoms with Crippen LogP contribution in [-0.4, -0.2) is 17.5 Å². The van der Waals surface area contributed by atoms with Crippen LogP contribution in [0.3, 0.4) is 0 Å². The SMILES string of the molecule is O=C(COc1ccc(Cl)cc1Cl)Nc1nc(-c2ccc(F)cc2F)cs1. The largest absolute Gasteiger partial charge is 0.482 e. The van der Waals surface area contributed by atoms with Crippen LogP contribution in [0.15, 0.2) is 41.8 Å². The average molecular weight is 415 g/mol. The van der Waals surface area contributed by atoms with Crippen molar-refractivity contribution in [3.05, 3.63) is 63.5 Å². The van der Waals surface area contributed by atoms with Crippen LogP contribution in [0.5, 0.6) is 5.75 Å². The maximum absolute atomic E-state index is 13.8. The fraction of sp³-hybridized carbons (Fsp3) is 0.0588. The minimum atomic E-state index is -0.728. The summed E-state index contributed by atoms with van der Waals surface area (Å²) in [7, 11) is 0. The van der Waals surface area contributed by atoms with E-state index in [0.717, 1.165) is 23.5 Å². The number of carbonyl (C=O) groups is 1. The van der Waals surface area contributed by atoms with Crippen LogP contribution >= 0.6 is 34.5 Å². The minimum absolute atomic E-state index is 0.146. The van der Waals surface area contributed by atoms with E-state index in [1.807, 2.05) is 0 Å². The third kappa shape index (κ3) is 4.49. The minimum Gasteiger partial charge on any atom is -0.482 e. The smallest absolute Gasteiger partial charge is 0.264 e. The number of nitrogens with zero attached hydrogens (tertiary/aromatic N) is 1. The Balaban J connectivity index is 1.62. The van der Waals surface area contributed by atoms with E-state index < -0.39 is 17.5 Å². The van der Waals surface area contributed by atoms with Gasteiger partial charge in [-0.05, 0) is 30.3 Å². The number of aromatic nitrogens is 1. The molecule has 0 aliphatic carbocycles. The Morgan fingerprint density at radius 2 is 2.00 bits per heavy atom. The molecule has 0 saturated heterocycles. The Bertz CT molecular complexity index is 966. The summed E-state index contributed by atoms with van der Waals surface area (Å²) in [5.41, 5.74) is 0.441. The number of ether oxygens (including phenoxy) is 1. The second-order valence-electron chi connectivity index (χ2n) is 5.07. The zero-order valence-corrected chi connectivity index (χ0v) is 15.3. The van der Waals surface area contributed by atoms with Crippen molar-refractivity contribution >= 4 is 45.6 Å². The number of hydrogen-bond donors (Lipinski definition) is 1. The molecule has 0 unspecified atom stereocenters. The lowest BCUT2D eigenvalue weighted by molar-refractivity contribution is -0.118. The lowest BCUT2D eigenvalue weighted by Crippen LogP contribution is -2.20. The molecular weight excluding hydrogens is 405 g/mol. The molecule has 0 atom stereocenters. The average Bonchev–Trinajstić information content (AvgIpc) is 3.02. The first-order valence-electron chi connectivity index (χ1n) is 7.21. The van der Waals surface area contributed by atoms with Crippen LogP contribution in [0.2, 0.25) is 10.0 Å². The van der Waals surface area contributed by atoms with Crippen molar-refractivity contribution < 1.29 is 18.3 Å². The highest BCUT2D eigenvalue weighted by Crippen LogP contribution is 2.29. The summed E-state index contributed by atoms with van der Waals surface area (Å²) in [5.74, 6) is -1.54. The predicted octanol–water partition coefficient (Wildman–Crippen LogP) is 5.41. The molecule has 1 amide bonds. The summed E-state index contributed by atoms with van der Waals surface area (Å²) in [6.07, 6.45) is 0. The van der Waals surface area contributed by atoms with Gasteiger partial charge in [0, 0.05) is 22.0 Å². The van der Waals surface area contributed by atoms with Crippen molar-refractivity contribution in [2.24, 2.45) is 0 Å². The highest BCUT2D eigenvalue weighted by molar-refractivity contribution is 7.14. The molecule has 0 aliphatic rings. The van der Waals surface area contributed by atoms with Gasteiger partial charge < -0.3 is 4.74 Å². The van der Waals surface area contributed by atoms with Crippen molar-refractivity contribution in [1.29, 1.82) is 0 Å². The maximum Gasteiger partial charge on any atom is 0.264 e. The van der Waals surface area contributed by atoms with Gasteiger partial charge in [-0.1, -0.05) is 23.2 Å². The maximum atomic E-state index is 13.8. The molecule has 0 spiro atoms. The second-order valence-corrected chi connectivity index (χ2v) is 6.78. The number of nitrogens with one attached hydrogen (secondary N) is 1. The van der Waals surface area contributed by atoms with Crippen molar-refractivity contribution in [2.75, 3.05) is 11.9 Å². The molecule has 2 aromatic carbocycles. The third-order valence-corrected chi connectivity index (χ3v) is 4.50. The molecule has 0 saturated carbocycles. The number of thiazole rings is 1. The van der Waals surface area contributed by atoms with Gasteiger partial charge in [-0.2, -0.15) is 0 Å². The highest BCUT2D eigenvalue weighted by atomic mass is 35.5. The normalized spacial score (nSPS) is 10.6. The van der Waals surface area contributed by atoms with Gasteiger partial charge in [0.25, 0.3) is 5.91 Å². The molecule has 9 heteroatoms. The van der Waals surface area contributed by atoms with Crippen LogP contribution < -0.4 is 10.1 Å². The summed E-state index contributed by atoms with van der Waals surface area (Å²) >= 11 is 12.9. The van der Waals surface area contributed by atoms with Crippen molar-refractivity contribution in [3.63, 3.8) is 0 Å². The highest BCUT2D eigenvalue weighted by Gasteiger charge is 2.13. The first-order chi connectivity index (χ1) is 12.4. The summed E-state index contributed by atoms with van der Waals surface area (Å²) in [4.78, 5) is 16.1. The fourth-order valence-electron chi connectivity index (χ4n) is 2.04. The van der Waals surface area contributed by atoms with Crippen LogP contribution in [0, 0.1) is 11.6 Å². The number of hydrogen-bond acceptors (Lipinski definition) is 4. The molecule has 3 aromatic rings. The molecule has 0 aliphatic heterocycles. The number of halogens is 4. The van der Waals surface area contributed by atoms with Gasteiger partial charge in [0.1, 0.15) is 17.4 Å². The van der Waals surface area contributed by atoms with E-state index in [9.17, 15) is 13.6 Å². The Morgan fingerprint density at radius 1 is 1.19 bits per heavy atom. The monoisotopic (exact) mass is 414 g/mol. The zero-order valence-electron chi connectivity index (χ0n) is 12.9. The quantitative estimate of drug-likeness (QED) is 0.606. The summed E-state index contributed by atoms with van der Waals surface area (Å²) < 4.78 is 32.1. The van der Waals surface area contributed by atoms with Gasteiger partial charge in [0.15, 0.2) is 11.7 Å². The standard InChI is InChI=1S/C17H10Cl2F2N2O2S/c18-9-1-4-15(12(19)5-9)25-7-16(24)23-17-22-14(8-26-17)11-3-2-10(20)6-13(11)21/h1-6,8H,7H2,(H,22,23,24).